The molecule has 0 spiro atoms. The summed E-state index contributed by atoms with van der Waals surface area (Å²) >= 11 is 0. The molecule has 0 aliphatic heterocycles. The molecular formula is C12H16F2O2. The summed E-state index contributed by atoms with van der Waals surface area (Å²) in [4.78, 5) is 0. The number of halogens is 2. The molecule has 0 aliphatic rings. The summed E-state index contributed by atoms with van der Waals surface area (Å²) in [5, 5.41) is 9.58. The minimum Gasteiger partial charge on any atom is -0.393 e. The zero-order chi connectivity index (χ0) is 12.0. The summed E-state index contributed by atoms with van der Waals surface area (Å²) in [5.41, 5.74) is 0.198. The SMILES string of the molecule is CCOCCC(O)Cc1cc(F)ccc1F. The van der Waals surface area contributed by atoms with Crippen molar-refractivity contribution in [1.82, 2.24) is 0 Å². The number of rotatable bonds is 6. The fourth-order valence-corrected chi connectivity index (χ4v) is 1.42. The first-order chi connectivity index (χ1) is 7.63. The molecule has 4 heteroatoms. The standard InChI is InChI=1S/C12H16F2O2/c1-2-16-6-5-11(15)8-9-7-10(13)3-4-12(9)14/h3-4,7,11,15H,2,5-6,8H2,1H3. The smallest absolute Gasteiger partial charge is 0.126 e. The Hall–Kier alpha value is -1.00. The molecule has 0 bridgehead atoms. The average Bonchev–Trinajstić information content (AvgIpc) is 2.24. The number of ether oxygens (including phenoxy) is 1. The van der Waals surface area contributed by atoms with Crippen LogP contribution in [0.3, 0.4) is 0 Å². The highest BCUT2D eigenvalue weighted by Gasteiger charge is 2.10. The molecule has 0 saturated heterocycles. The maximum absolute atomic E-state index is 13.2. The van der Waals surface area contributed by atoms with Gasteiger partial charge < -0.3 is 9.84 Å². The topological polar surface area (TPSA) is 29.5 Å². The van der Waals surface area contributed by atoms with E-state index >= 15 is 0 Å². The van der Waals surface area contributed by atoms with Crippen LogP contribution < -0.4 is 0 Å². The van der Waals surface area contributed by atoms with Gasteiger partial charge in [-0.25, -0.2) is 8.78 Å². The largest absolute Gasteiger partial charge is 0.393 e. The predicted molar refractivity (Wildman–Crippen MR) is 57.2 cm³/mol. The second-order valence-electron chi connectivity index (χ2n) is 3.58. The van der Waals surface area contributed by atoms with Crippen molar-refractivity contribution in [2.24, 2.45) is 0 Å². The van der Waals surface area contributed by atoms with Gasteiger partial charge in [0.05, 0.1) is 6.10 Å². The van der Waals surface area contributed by atoms with Crippen LogP contribution in [0.5, 0.6) is 0 Å². The van der Waals surface area contributed by atoms with Gasteiger partial charge in [0.15, 0.2) is 0 Å². The molecule has 0 radical (unpaired) electrons. The van der Waals surface area contributed by atoms with Crippen molar-refractivity contribution in [2.75, 3.05) is 13.2 Å². The van der Waals surface area contributed by atoms with Gasteiger partial charge in [-0.15, -0.1) is 0 Å². The van der Waals surface area contributed by atoms with Crippen LogP contribution in [0.4, 0.5) is 8.78 Å². The summed E-state index contributed by atoms with van der Waals surface area (Å²) in [5.74, 6) is -0.981. The molecule has 90 valence electrons. The molecule has 1 N–H and O–H groups in total. The van der Waals surface area contributed by atoms with Crippen molar-refractivity contribution >= 4 is 0 Å². The summed E-state index contributed by atoms with van der Waals surface area (Å²) < 4.78 is 31.1. The molecule has 0 aliphatic carbocycles. The Morgan fingerprint density at radius 3 is 2.81 bits per heavy atom. The Labute approximate surface area is 93.9 Å². The van der Waals surface area contributed by atoms with Gasteiger partial charge in [-0.3, -0.25) is 0 Å². The summed E-state index contributed by atoms with van der Waals surface area (Å²) in [6.07, 6.45) is -0.177. The van der Waals surface area contributed by atoms with E-state index in [1.165, 1.54) is 0 Å². The molecule has 1 aromatic rings. The van der Waals surface area contributed by atoms with Crippen LogP contribution in [-0.2, 0) is 11.2 Å². The van der Waals surface area contributed by atoms with E-state index in [2.05, 4.69) is 0 Å². The summed E-state index contributed by atoms with van der Waals surface area (Å²) in [6, 6.07) is 3.24. The highest BCUT2D eigenvalue weighted by atomic mass is 19.1. The van der Waals surface area contributed by atoms with Gasteiger partial charge in [0, 0.05) is 19.6 Å². The normalized spacial score (nSPS) is 12.8. The first-order valence-corrected chi connectivity index (χ1v) is 5.33. The van der Waals surface area contributed by atoms with Gasteiger partial charge in [-0.1, -0.05) is 0 Å². The number of aliphatic hydroxyl groups excluding tert-OH is 1. The van der Waals surface area contributed by atoms with Gasteiger partial charge in [-0.2, -0.15) is 0 Å². The molecule has 0 heterocycles. The third-order valence-electron chi connectivity index (χ3n) is 2.26. The Balaban J connectivity index is 2.48. The maximum atomic E-state index is 13.2. The van der Waals surface area contributed by atoms with Gasteiger partial charge in [0.1, 0.15) is 11.6 Å². The van der Waals surface area contributed by atoms with Crippen molar-refractivity contribution in [3.8, 4) is 0 Å². The fraction of sp³-hybridized carbons (Fsp3) is 0.500. The Kier molecular flexibility index (Phi) is 5.35. The lowest BCUT2D eigenvalue weighted by Crippen LogP contribution is -2.14. The van der Waals surface area contributed by atoms with Gasteiger partial charge in [-0.05, 0) is 37.1 Å². The number of hydrogen-bond acceptors (Lipinski definition) is 2. The lowest BCUT2D eigenvalue weighted by molar-refractivity contribution is 0.0882. The third-order valence-corrected chi connectivity index (χ3v) is 2.26. The minimum atomic E-state index is -0.706. The van der Waals surface area contributed by atoms with Gasteiger partial charge >= 0.3 is 0 Å². The van der Waals surface area contributed by atoms with E-state index in [9.17, 15) is 13.9 Å². The molecule has 0 aromatic heterocycles. The molecule has 0 amide bonds. The number of hydrogen-bond donors (Lipinski definition) is 1. The third kappa shape index (κ3) is 4.24. The van der Waals surface area contributed by atoms with E-state index in [-0.39, 0.29) is 12.0 Å². The van der Waals surface area contributed by atoms with E-state index < -0.39 is 17.7 Å². The summed E-state index contributed by atoms with van der Waals surface area (Å²) in [6.45, 7) is 2.87. The van der Waals surface area contributed by atoms with Crippen molar-refractivity contribution < 1.29 is 18.6 Å². The van der Waals surface area contributed by atoms with Crippen molar-refractivity contribution in [3.05, 3.63) is 35.4 Å². The molecular weight excluding hydrogens is 214 g/mol. The van der Waals surface area contributed by atoms with Gasteiger partial charge in [0.25, 0.3) is 0 Å². The molecule has 0 saturated carbocycles. The first kappa shape index (κ1) is 13.1. The quantitative estimate of drug-likeness (QED) is 0.760. The number of aliphatic hydroxyl groups is 1. The minimum absolute atomic E-state index is 0.108. The zero-order valence-electron chi connectivity index (χ0n) is 9.25. The van der Waals surface area contributed by atoms with Crippen LogP contribution in [0, 0.1) is 11.6 Å². The average molecular weight is 230 g/mol. The van der Waals surface area contributed by atoms with E-state index in [1.807, 2.05) is 6.92 Å². The predicted octanol–water partition coefficient (Wildman–Crippen LogP) is 2.29. The van der Waals surface area contributed by atoms with Crippen molar-refractivity contribution in [1.29, 1.82) is 0 Å². The molecule has 1 aromatic carbocycles. The zero-order valence-corrected chi connectivity index (χ0v) is 9.25. The van der Waals surface area contributed by atoms with Crippen LogP contribution in [-0.4, -0.2) is 24.4 Å². The van der Waals surface area contributed by atoms with Crippen LogP contribution in [0.15, 0.2) is 18.2 Å². The van der Waals surface area contributed by atoms with Crippen LogP contribution in [0.1, 0.15) is 18.9 Å². The van der Waals surface area contributed by atoms with E-state index in [0.29, 0.717) is 19.6 Å². The van der Waals surface area contributed by atoms with Crippen molar-refractivity contribution in [2.45, 2.75) is 25.9 Å². The Bertz CT molecular complexity index is 329. The lowest BCUT2D eigenvalue weighted by Gasteiger charge is -2.11. The summed E-state index contributed by atoms with van der Waals surface area (Å²) in [7, 11) is 0. The van der Waals surface area contributed by atoms with Crippen LogP contribution >= 0.6 is 0 Å². The van der Waals surface area contributed by atoms with Gasteiger partial charge in [0.2, 0.25) is 0 Å². The second-order valence-corrected chi connectivity index (χ2v) is 3.58. The molecule has 0 fully saturated rings. The van der Waals surface area contributed by atoms with E-state index in [1.54, 1.807) is 0 Å². The molecule has 1 rings (SSSR count). The highest BCUT2D eigenvalue weighted by Crippen LogP contribution is 2.13. The van der Waals surface area contributed by atoms with E-state index in [4.69, 9.17) is 4.74 Å². The fourth-order valence-electron chi connectivity index (χ4n) is 1.42. The lowest BCUT2D eigenvalue weighted by atomic mass is 10.1. The van der Waals surface area contributed by atoms with E-state index in [0.717, 1.165) is 18.2 Å². The molecule has 1 atom stereocenters. The van der Waals surface area contributed by atoms with Crippen LogP contribution in [0.2, 0.25) is 0 Å². The number of benzene rings is 1. The molecule has 16 heavy (non-hydrogen) atoms. The van der Waals surface area contributed by atoms with Crippen LogP contribution in [0.25, 0.3) is 0 Å². The van der Waals surface area contributed by atoms with Crippen molar-refractivity contribution in [3.63, 3.8) is 0 Å². The Morgan fingerprint density at radius 1 is 1.38 bits per heavy atom. The molecule has 1 unspecified atom stereocenters. The second kappa shape index (κ2) is 6.55. The molecule has 2 nitrogen and oxygen atoms in total. The Morgan fingerprint density at radius 2 is 2.12 bits per heavy atom. The first-order valence-electron chi connectivity index (χ1n) is 5.33. The highest BCUT2D eigenvalue weighted by molar-refractivity contribution is 5.19. The maximum Gasteiger partial charge on any atom is 0.126 e. The monoisotopic (exact) mass is 230 g/mol.